The molecule has 1 aromatic carbocycles. The SMILES string of the molecule is CC1(Oc2cccc3c2CNCC3)CCOC1. The first-order valence-electron chi connectivity index (χ1n) is 6.35. The first kappa shape index (κ1) is 11.1. The topological polar surface area (TPSA) is 30.5 Å². The molecule has 3 nitrogen and oxygen atoms in total. The van der Waals surface area contributed by atoms with Gasteiger partial charge in [0.2, 0.25) is 0 Å². The monoisotopic (exact) mass is 233 g/mol. The molecule has 3 rings (SSSR count). The van der Waals surface area contributed by atoms with Crippen LogP contribution in [0.5, 0.6) is 5.75 Å². The summed E-state index contributed by atoms with van der Waals surface area (Å²) < 4.78 is 11.6. The predicted octanol–water partition coefficient (Wildman–Crippen LogP) is 1.89. The third-order valence-corrected chi connectivity index (χ3v) is 3.64. The second-order valence-electron chi connectivity index (χ2n) is 5.18. The summed E-state index contributed by atoms with van der Waals surface area (Å²) in [6, 6.07) is 6.38. The summed E-state index contributed by atoms with van der Waals surface area (Å²) in [6.45, 7) is 5.63. The molecular formula is C14H19NO2. The highest BCUT2D eigenvalue weighted by Gasteiger charge is 2.32. The maximum Gasteiger partial charge on any atom is 0.132 e. The molecule has 92 valence electrons. The maximum atomic E-state index is 6.20. The summed E-state index contributed by atoms with van der Waals surface area (Å²) in [5.41, 5.74) is 2.60. The van der Waals surface area contributed by atoms with E-state index in [2.05, 4.69) is 30.4 Å². The Bertz CT molecular complexity index is 411. The van der Waals surface area contributed by atoms with Crippen LogP contribution in [-0.2, 0) is 17.7 Å². The first-order chi connectivity index (χ1) is 8.27. The van der Waals surface area contributed by atoms with Gasteiger partial charge in [-0.25, -0.2) is 0 Å². The standard InChI is InChI=1S/C14H19NO2/c1-14(6-8-16-10-14)17-13-4-2-3-11-5-7-15-9-12(11)13/h2-4,15H,5-10H2,1H3. The Hall–Kier alpha value is -1.06. The average Bonchev–Trinajstić information content (AvgIpc) is 2.76. The van der Waals surface area contributed by atoms with Crippen LogP contribution in [0.15, 0.2) is 18.2 Å². The fourth-order valence-corrected chi connectivity index (χ4v) is 2.57. The number of hydrogen-bond donors (Lipinski definition) is 1. The number of hydrogen-bond acceptors (Lipinski definition) is 3. The Morgan fingerprint density at radius 1 is 1.41 bits per heavy atom. The Morgan fingerprint density at radius 3 is 3.18 bits per heavy atom. The van der Waals surface area contributed by atoms with Crippen molar-refractivity contribution in [2.24, 2.45) is 0 Å². The molecule has 1 unspecified atom stereocenters. The summed E-state index contributed by atoms with van der Waals surface area (Å²) in [5.74, 6) is 1.03. The third kappa shape index (κ3) is 2.17. The van der Waals surface area contributed by atoms with Crippen molar-refractivity contribution in [3.8, 4) is 5.75 Å². The molecular weight excluding hydrogens is 214 g/mol. The highest BCUT2D eigenvalue weighted by molar-refractivity contribution is 5.42. The molecule has 0 saturated carbocycles. The highest BCUT2D eigenvalue weighted by Crippen LogP contribution is 2.31. The van der Waals surface area contributed by atoms with Crippen molar-refractivity contribution in [2.45, 2.75) is 31.9 Å². The lowest BCUT2D eigenvalue weighted by Gasteiger charge is -2.28. The molecule has 1 saturated heterocycles. The fourth-order valence-electron chi connectivity index (χ4n) is 2.57. The predicted molar refractivity (Wildman–Crippen MR) is 66.3 cm³/mol. The largest absolute Gasteiger partial charge is 0.485 e. The number of nitrogens with one attached hydrogen (secondary N) is 1. The van der Waals surface area contributed by atoms with E-state index in [-0.39, 0.29) is 5.60 Å². The van der Waals surface area contributed by atoms with Gasteiger partial charge in [0, 0.05) is 18.5 Å². The van der Waals surface area contributed by atoms with Gasteiger partial charge < -0.3 is 14.8 Å². The van der Waals surface area contributed by atoms with E-state index < -0.39 is 0 Å². The minimum atomic E-state index is -0.146. The highest BCUT2D eigenvalue weighted by atomic mass is 16.6. The number of fused-ring (bicyclic) bond motifs is 1. The van der Waals surface area contributed by atoms with Crippen LogP contribution in [0.25, 0.3) is 0 Å². The van der Waals surface area contributed by atoms with Gasteiger partial charge in [-0.15, -0.1) is 0 Å². The van der Waals surface area contributed by atoms with Gasteiger partial charge in [0.25, 0.3) is 0 Å². The summed E-state index contributed by atoms with van der Waals surface area (Å²) in [7, 11) is 0. The Morgan fingerprint density at radius 2 is 2.35 bits per heavy atom. The van der Waals surface area contributed by atoms with Gasteiger partial charge >= 0.3 is 0 Å². The van der Waals surface area contributed by atoms with Gasteiger partial charge in [-0.3, -0.25) is 0 Å². The molecule has 0 spiro atoms. The Labute approximate surface area is 102 Å². The molecule has 1 N–H and O–H groups in total. The van der Waals surface area contributed by atoms with Gasteiger partial charge in [0.05, 0.1) is 13.2 Å². The fraction of sp³-hybridized carbons (Fsp3) is 0.571. The van der Waals surface area contributed by atoms with E-state index in [1.165, 1.54) is 11.1 Å². The molecule has 1 atom stereocenters. The smallest absolute Gasteiger partial charge is 0.132 e. The van der Waals surface area contributed by atoms with Crippen molar-refractivity contribution in [1.29, 1.82) is 0 Å². The number of benzene rings is 1. The van der Waals surface area contributed by atoms with Gasteiger partial charge in [-0.05, 0) is 31.5 Å². The summed E-state index contributed by atoms with van der Waals surface area (Å²) in [6.07, 6.45) is 2.07. The minimum Gasteiger partial charge on any atom is -0.485 e. The zero-order valence-electron chi connectivity index (χ0n) is 10.3. The number of ether oxygens (including phenoxy) is 2. The van der Waals surface area contributed by atoms with Crippen LogP contribution in [0, 0.1) is 0 Å². The van der Waals surface area contributed by atoms with Crippen LogP contribution in [0.1, 0.15) is 24.5 Å². The van der Waals surface area contributed by atoms with Crippen molar-refractivity contribution in [3.63, 3.8) is 0 Å². The summed E-state index contributed by atoms with van der Waals surface area (Å²) in [4.78, 5) is 0. The molecule has 0 aromatic heterocycles. The van der Waals surface area contributed by atoms with Crippen molar-refractivity contribution in [3.05, 3.63) is 29.3 Å². The molecule has 0 bridgehead atoms. The quantitative estimate of drug-likeness (QED) is 0.846. The lowest BCUT2D eigenvalue weighted by molar-refractivity contribution is 0.0652. The molecule has 2 aliphatic rings. The van der Waals surface area contributed by atoms with Crippen molar-refractivity contribution >= 4 is 0 Å². The van der Waals surface area contributed by atoms with Gasteiger partial charge in [-0.1, -0.05) is 12.1 Å². The van der Waals surface area contributed by atoms with Gasteiger partial charge in [0.1, 0.15) is 11.4 Å². The summed E-state index contributed by atoms with van der Waals surface area (Å²) in [5, 5.41) is 3.41. The minimum absolute atomic E-state index is 0.146. The molecule has 0 amide bonds. The maximum absolute atomic E-state index is 6.20. The van der Waals surface area contributed by atoms with Crippen LogP contribution >= 0.6 is 0 Å². The summed E-state index contributed by atoms with van der Waals surface area (Å²) >= 11 is 0. The zero-order chi connectivity index (χ0) is 11.7. The van der Waals surface area contributed by atoms with E-state index in [1.807, 2.05) is 0 Å². The van der Waals surface area contributed by atoms with E-state index in [0.717, 1.165) is 38.3 Å². The van der Waals surface area contributed by atoms with Gasteiger partial charge in [0.15, 0.2) is 0 Å². The van der Waals surface area contributed by atoms with Crippen molar-refractivity contribution in [2.75, 3.05) is 19.8 Å². The van der Waals surface area contributed by atoms with Crippen molar-refractivity contribution < 1.29 is 9.47 Å². The van der Waals surface area contributed by atoms with Crippen LogP contribution in [0.4, 0.5) is 0 Å². The lowest BCUT2D eigenvalue weighted by Crippen LogP contribution is -2.34. The molecule has 17 heavy (non-hydrogen) atoms. The van der Waals surface area contributed by atoms with E-state index in [9.17, 15) is 0 Å². The molecule has 1 fully saturated rings. The Balaban J connectivity index is 1.87. The molecule has 2 heterocycles. The van der Waals surface area contributed by atoms with E-state index in [1.54, 1.807) is 0 Å². The average molecular weight is 233 g/mol. The molecule has 1 aromatic rings. The molecule has 2 aliphatic heterocycles. The van der Waals surface area contributed by atoms with Crippen LogP contribution in [0.3, 0.4) is 0 Å². The van der Waals surface area contributed by atoms with E-state index in [4.69, 9.17) is 9.47 Å². The number of rotatable bonds is 2. The van der Waals surface area contributed by atoms with Crippen LogP contribution < -0.4 is 10.1 Å². The first-order valence-corrected chi connectivity index (χ1v) is 6.35. The van der Waals surface area contributed by atoms with Crippen LogP contribution in [-0.4, -0.2) is 25.4 Å². The van der Waals surface area contributed by atoms with E-state index >= 15 is 0 Å². The zero-order valence-corrected chi connectivity index (χ0v) is 10.3. The Kier molecular flexibility index (Phi) is 2.81. The third-order valence-electron chi connectivity index (χ3n) is 3.64. The second-order valence-corrected chi connectivity index (χ2v) is 5.18. The normalized spacial score (nSPS) is 27.8. The molecule has 0 aliphatic carbocycles. The van der Waals surface area contributed by atoms with Crippen molar-refractivity contribution in [1.82, 2.24) is 5.32 Å². The molecule has 0 radical (unpaired) electrons. The second kappa shape index (κ2) is 4.31. The molecule has 3 heteroatoms. The van der Waals surface area contributed by atoms with E-state index in [0.29, 0.717) is 6.61 Å². The lowest BCUT2D eigenvalue weighted by atomic mass is 9.99. The van der Waals surface area contributed by atoms with Crippen LogP contribution in [0.2, 0.25) is 0 Å². The van der Waals surface area contributed by atoms with Gasteiger partial charge in [-0.2, -0.15) is 0 Å².